The SMILES string of the molecule is NNc1nc(-c2cc(Br)cs2)nc2sc3c(c12)CCCC3. The maximum Gasteiger partial charge on any atom is 0.173 e. The van der Waals surface area contributed by atoms with E-state index >= 15 is 0 Å². The van der Waals surface area contributed by atoms with Crippen LogP contribution in [-0.2, 0) is 12.8 Å². The first-order chi connectivity index (χ1) is 10.3. The summed E-state index contributed by atoms with van der Waals surface area (Å²) in [5.74, 6) is 7.21. The van der Waals surface area contributed by atoms with Gasteiger partial charge in [0.25, 0.3) is 0 Å². The summed E-state index contributed by atoms with van der Waals surface area (Å²) in [4.78, 5) is 13.0. The molecule has 0 atom stereocenters. The van der Waals surface area contributed by atoms with Gasteiger partial charge in [-0.05, 0) is 53.2 Å². The monoisotopic (exact) mass is 380 g/mol. The molecule has 3 heterocycles. The summed E-state index contributed by atoms with van der Waals surface area (Å²) in [6, 6.07) is 2.04. The molecule has 3 N–H and O–H groups in total. The Labute approximate surface area is 138 Å². The van der Waals surface area contributed by atoms with Gasteiger partial charge in [0.2, 0.25) is 0 Å². The van der Waals surface area contributed by atoms with Gasteiger partial charge >= 0.3 is 0 Å². The van der Waals surface area contributed by atoms with E-state index in [0.29, 0.717) is 0 Å². The van der Waals surface area contributed by atoms with Crippen molar-refractivity contribution >= 4 is 54.6 Å². The molecular formula is C14H13BrN4S2. The third kappa shape index (κ3) is 2.28. The van der Waals surface area contributed by atoms with Crippen LogP contribution in [-0.4, -0.2) is 9.97 Å². The van der Waals surface area contributed by atoms with E-state index in [-0.39, 0.29) is 0 Å². The molecule has 7 heteroatoms. The second kappa shape index (κ2) is 5.31. The van der Waals surface area contributed by atoms with Crippen LogP contribution in [0.3, 0.4) is 0 Å². The number of nitrogens with zero attached hydrogens (tertiary/aromatic N) is 2. The van der Waals surface area contributed by atoms with E-state index in [4.69, 9.17) is 10.8 Å². The Kier molecular flexibility index (Phi) is 3.45. The predicted octanol–water partition coefficient (Wildman–Crippen LogP) is 4.35. The molecule has 0 saturated carbocycles. The lowest BCUT2D eigenvalue weighted by Gasteiger charge is -2.11. The predicted molar refractivity (Wildman–Crippen MR) is 92.9 cm³/mol. The summed E-state index contributed by atoms with van der Waals surface area (Å²) in [6.45, 7) is 0. The lowest BCUT2D eigenvalue weighted by atomic mass is 9.97. The Morgan fingerprint density at radius 2 is 2.10 bits per heavy atom. The molecule has 0 amide bonds. The topological polar surface area (TPSA) is 63.8 Å². The van der Waals surface area contributed by atoms with Crippen molar-refractivity contribution in [1.29, 1.82) is 0 Å². The Bertz CT molecular complexity index is 824. The minimum Gasteiger partial charge on any atom is -0.308 e. The Hall–Kier alpha value is -1.02. The highest BCUT2D eigenvalue weighted by molar-refractivity contribution is 9.10. The molecule has 21 heavy (non-hydrogen) atoms. The second-order valence-electron chi connectivity index (χ2n) is 5.06. The number of rotatable bonds is 2. The average molecular weight is 381 g/mol. The number of halogens is 1. The van der Waals surface area contributed by atoms with Gasteiger partial charge < -0.3 is 5.43 Å². The largest absolute Gasteiger partial charge is 0.308 e. The van der Waals surface area contributed by atoms with Gasteiger partial charge in [0.1, 0.15) is 4.83 Å². The highest BCUT2D eigenvalue weighted by atomic mass is 79.9. The molecule has 1 aliphatic rings. The Morgan fingerprint density at radius 1 is 1.24 bits per heavy atom. The van der Waals surface area contributed by atoms with Gasteiger partial charge in [-0.25, -0.2) is 15.8 Å². The zero-order chi connectivity index (χ0) is 14.4. The van der Waals surface area contributed by atoms with E-state index in [9.17, 15) is 0 Å². The fourth-order valence-electron chi connectivity index (χ4n) is 2.80. The zero-order valence-electron chi connectivity index (χ0n) is 11.1. The van der Waals surface area contributed by atoms with E-state index in [1.54, 1.807) is 22.7 Å². The van der Waals surface area contributed by atoms with Crippen molar-refractivity contribution in [2.45, 2.75) is 25.7 Å². The lowest BCUT2D eigenvalue weighted by molar-refractivity contribution is 0.700. The lowest BCUT2D eigenvalue weighted by Crippen LogP contribution is -2.10. The minimum absolute atomic E-state index is 0.741. The molecule has 0 saturated heterocycles. The third-order valence-electron chi connectivity index (χ3n) is 3.74. The molecule has 0 unspecified atom stereocenters. The fraction of sp³-hybridized carbons (Fsp3) is 0.286. The molecule has 1 aliphatic carbocycles. The number of aryl methyl sites for hydroxylation is 2. The summed E-state index contributed by atoms with van der Waals surface area (Å²) in [6.07, 6.45) is 4.77. The summed E-state index contributed by atoms with van der Waals surface area (Å²) in [5.41, 5.74) is 4.17. The molecule has 4 nitrogen and oxygen atoms in total. The number of hydrogen-bond acceptors (Lipinski definition) is 6. The number of hydrazine groups is 1. The van der Waals surface area contributed by atoms with E-state index in [0.717, 1.165) is 44.1 Å². The maximum absolute atomic E-state index is 5.72. The molecule has 0 radical (unpaired) electrons. The van der Waals surface area contributed by atoms with Crippen LogP contribution in [0.4, 0.5) is 5.82 Å². The first kappa shape index (κ1) is 13.6. The van der Waals surface area contributed by atoms with Crippen molar-refractivity contribution in [3.8, 4) is 10.7 Å². The van der Waals surface area contributed by atoms with Gasteiger partial charge in [0, 0.05) is 14.7 Å². The van der Waals surface area contributed by atoms with Gasteiger partial charge in [0.15, 0.2) is 11.6 Å². The van der Waals surface area contributed by atoms with Crippen LogP contribution >= 0.6 is 38.6 Å². The van der Waals surface area contributed by atoms with Gasteiger partial charge in [-0.2, -0.15) is 0 Å². The number of anilines is 1. The maximum atomic E-state index is 5.72. The number of aromatic nitrogens is 2. The average Bonchev–Trinajstić information content (AvgIpc) is 3.09. The Balaban J connectivity index is 1.96. The number of thiophene rings is 2. The summed E-state index contributed by atoms with van der Waals surface area (Å²) < 4.78 is 1.05. The standard InChI is InChI=1S/C14H13BrN4S2/c15-7-5-10(20-6-7)12-17-13(19-16)11-8-3-1-2-4-9(8)21-14(11)18-12/h5-6H,1-4,16H2,(H,17,18,19). The van der Waals surface area contributed by atoms with Crippen molar-refractivity contribution in [3.63, 3.8) is 0 Å². The van der Waals surface area contributed by atoms with Crippen LogP contribution in [0.2, 0.25) is 0 Å². The number of nitrogens with two attached hydrogens (primary N) is 1. The van der Waals surface area contributed by atoms with Crippen LogP contribution in [0.5, 0.6) is 0 Å². The van der Waals surface area contributed by atoms with Gasteiger partial charge in [0.05, 0.1) is 10.3 Å². The van der Waals surface area contributed by atoms with Crippen molar-refractivity contribution < 1.29 is 0 Å². The van der Waals surface area contributed by atoms with E-state index in [1.165, 1.54) is 23.3 Å². The molecule has 0 aliphatic heterocycles. The molecule has 0 spiro atoms. The molecule has 3 aromatic heterocycles. The summed E-state index contributed by atoms with van der Waals surface area (Å²) in [5, 5.41) is 3.16. The third-order valence-corrected chi connectivity index (χ3v) is 6.61. The second-order valence-corrected chi connectivity index (χ2v) is 7.97. The highest BCUT2D eigenvalue weighted by Gasteiger charge is 2.21. The van der Waals surface area contributed by atoms with Crippen molar-refractivity contribution in [3.05, 3.63) is 26.4 Å². The fourth-order valence-corrected chi connectivity index (χ4v) is 5.42. The molecule has 0 bridgehead atoms. The number of hydrogen-bond donors (Lipinski definition) is 2. The molecule has 108 valence electrons. The van der Waals surface area contributed by atoms with E-state index in [2.05, 4.69) is 26.3 Å². The normalized spacial score (nSPS) is 14.4. The van der Waals surface area contributed by atoms with Crippen molar-refractivity contribution in [2.75, 3.05) is 5.43 Å². The first-order valence-corrected chi connectivity index (χ1v) is 9.28. The van der Waals surface area contributed by atoms with Crippen LogP contribution < -0.4 is 11.3 Å². The minimum atomic E-state index is 0.741. The van der Waals surface area contributed by atoms with Crippen molar-refractivity contribution in [1.82, 2.24) is 9.97 Å². The van der Waals surface area contributed by atoms with Crippen molar-refractivity contribution in [2.24, 2.45) is 5.84 Å². The molecule has 3 aromatic rings. The Morgan fingerprint density at radius 3 is 2.86 bits per heavy atom. The molecule has 4 rings (SSSR count). The van der Waals surface area contributed by atoms with Gasteiger partial charge in [-0.1, -0.05) is 0 Å². The number of fused-ring (bicyclic) bond motifs is 3. The number of nitrogen functional groups attached to an aromatic ring is 1. The van der Waals surface area contributed by atoms with E-state index in [1.807, 2.05) is 11.4 Å². The summed E-state index contributed by atoms with van der Waals surface area (Å²) in [7, 11) is 0. The van der Waals surface area contributed by atoms with Gasteiger partial charge in [-0.3, -0.25) is 0 Å². The summed E-state index contributed by atoms with van der Waals surface area (Å²) >= 11 is 6.90. The van der Waals surface area contributed by atoms with Crippen LogP contribution in [0, 0.1) is 0 Å². The van der Waals surface area contributed by atoms with Crippen LogP contribution in [0.15, 0.2) is 15.9 Å². The number of nitrogens with one attached hydrogen (secondary N) is 1. The van der Waals surface area contributed by atoms with Gasteiger partial charge in [-0.15, -0.1) is 22.7 Å². The molecular weight excluding hydrogens is 368 g/mol. The highest BCUT2D eigenvalue weighted by Crippen LogP contribution is 2.40. The van der Waals surface area contributed by atoms with E-state index < -0.39 is 0 Å². The molecule has 0 aromatic carbocycles. The van der Waals surface area contributed by atoms with Crippen LogP contribution in [0.25, 0.3) is 20.9 Å². The first-order valence-electron chi connectivity index (χ1n) is 6.79. The van der Waals surface area contributed by atoms with Crippen LogP contribution in [0.1, 0.15) is 23.3 Å². The molecule has 0 fully saturated rings. The smallest absolute Gasteiger partial charge is 0.173 e. The zero-order valence-corrected chi connectivity index (χ0v) is 14.4. The quantitative estimate of drug-likeness (QED) is 0.512.